The first-order valence-electron chi connectivity index (χ1n) is 41.7. The fourth-order valence-electron chi connectivity index (χ4n) is 12.4. The van der Waals surface area contributed by atoms with Crippen molar-refractivity contribution in [1.82, 2.24) is 0 Å². The molecule has 6 atom stereocenters. The molecule has 0 aliphatic carbocycles. The van der Waals surface area contributed by atoms with Gasteiger partial charge in [-0.05, 0) is 31.6 Å². The first-order chi connectivity index (χ1) is 48.1. The number of unbranched alkanes of at least 4 members (excludes halogenated alkanes) is 51. The van der Waals surface area contributed by atoms with Crippen molar-refractivity contribution >= 4 is 39.5 Å². The molecular formula is C80H156O17P2. The van der Waals surface area contributed by atoms with Gasteiger partial charge in [0.15, 0.2) is 12.2 Å². The molecule has 0 saturated carbocycles. The Bertz CT molecular complexity index is 1890. The summed E-state index contributed by atoms with van der Waals surface area (Å²) < 4.78 is 68.7. The van der Waals surface area contributed by atoms with Crippen molar-refractivity contribution in [2.75, 3.05) is 39.6 Å². The van der Waals surface area contributed by atoms with Crippen LogP contribution in [-0.4, -0.2) is 96.7 Å². The molecule has 3 N–H and O–H groups in total. The Morgan fingerprint density at radius 3 is 0.717 bits per heavy atom. The summed E-state index contributed by atoms with van der Waals surface area (Å²) in [7, 11) is -9.92. The van der Waals surface area contributed by atoms with Crippen LogP contribution in [0.4, 0.5) is 0 Å². The Hall–Kier alpha value is -1.94. The summed E-state index contributed by atoms with van der Waals surface area (Å²) in [5.74, 6) is -1.30. The van der Waals surface area contributed by atoms with Gasteiger partial charge in [-0.25, -0.2) is 9.13 Å². The third kappa shape index (κ3) is 72.8. The Labute approximate surface area is 607 Å². The molecule has 0 aliphatic rings. The summed E-state index contributed by atoms with van der Waals surface area (Å²) in [4.78, 5) is 73.0. The maximum Gasteiger partial charge on any atom is 0.472 e. The number of hydrogen-bond acceptors (Lipinski definition) is 15. The van der Waals surface area contributed by atoms with Gasteiger partial charge in [-0.2, -0.15) is 0 Å². The highest BCUT2D eigenvalue weighted by Gasteiger charge is 2.30. The van der Waals surface area contributed by atoms with Gasteiger partial charge in [0.25, 0.3) is 0 Å². The molecule has 0 amide bonds. The Morgan fingerprint density at radius 2 is 0.485 bits per heavy atom. The van der Waals surface area contributed by atoms with Crippen LogP contribution in [-0.2, 0) is 65.4 Å². The minimum Gasteiger partial charge on any atom is -0.462 e. The summed E-state index contributed by atoms with van der Waals surface area (Å²) in [6, 6.07) is 0. The molecule has 0 saturated heterocycles. The van der Waals surface area contributed by atoms with E-state index in [-0.39, 0.29) is 25.7 Å². The lowest BCUT2D eigenvalue weighted by Crippen LogP contribution is -2.30. The predicted octanol–water partition coefficient (Wildman–Crippen LogP) is 24.0. The quantitative estimate of drug-likeness (QED) is 0.0222. The molecule has 19 heteroatoms. The molecule has 588 valence electrons. The smallest absolute Gasteiger partial charge is 0.462 e. The summed E-state index contributed by atoms with van der Waals surface area (Å²) in [5, 5.41) is 10.6. The van der Waals surface area contributed by atoms with Crippen LogP contribution in [0, 0.1) is 5.92 Å². The van der Waals surface area contributed by atoms with E-state index in [1.165, 1.54) is 250 Å². The zero-order valence-corrected chi connectivity index (χ0v) is 66.4. The van der Waals surface area contributed by atoms with Crippen LogP contribution in [0.5, 0.6) is 0 Å². The van der Waals surface area contributed by atoms with Gasteiger partial charge in [-0.3, -0.25) is 37.3 Å². The van der Waals surface area contributed by atoms with Gasteiger partial charge in [0.2, 0.25) is 0 Å². The normalized spacial score (nSPS) is 14.1. The lowest BCUT2D eigenvalue weighted by molar-refractivity contribution is -0.161. The fraction of sp³-hybridized carbons (Fsp3) is 0.950. The number of ether oxygens (including phenoxy) is 4. The Morgan fingerprint density at radius 1 is 0.283 bits per heavy atom. The van der Waals surface area contributed by atoms with Gasteiger partial charge in [0.05, 0.1) is 26.4 Å². The van der Waals surface area contributed by atoms with E-state index in [0.717, 1.165) is 95.8 Å². The average Bonchev–Trinajstić information content (AvgIpc) is 1.09. The van der Waals surface area contributed by atoms with Crippen molar-refractivity contribution in [3.05, 3.63) is 0 Å². The third-order valence-electron chi connectivity index (χ3n) is 19.1. The van der Waals surface area contributed by atoms with Gasteiger partial charge in [-0.15, -0.1) is 0 Å². The molecule has 0 heterocycles. The molecule has 17 nitrogen and oxygen atoms in total. The first-order valence-corrected chi connectivity index (χ1v) is 44.7. The van der Waals surface area contributed by atoms with Crippen molar-refractivity contribution in [3.8, 4) is 0 Å². The third-order valence-corrected chi connectivity index (χ3v) is 21.0. The number of hydrogen-bond donors (Lipinski definition) is 3. The molecule has 99 heavy (non-hydrogen) atoms. The van der Waals surface area contributed by atoms with E-state index in [2.05, 4.69) is 34.6 Å². The van der Waals surface area contributed by atoms with E-state index in [1.54, 1.807) is 0 Å². The van der Waals surface area contributed by atoms with Crippen LogP contribution >= 0.6 is 15.6 Å². The van der Waals surface area contributed by atoms with Gasteiger partial charge >= 0.3 is 39.5 Å². The van der Waals surface area contributed by atoms with Gasteiger partial charge in [0.1, 0.15) is 19.3 Å². The highest BCUT2D eigenvalue weighted by molar-refractivity contribution is 7.47. The number of rotatable bonds is 80. The standard InChI is InChI=1S/C80H156O17P2/c1-6-10-13-16-19-22-25-27-29-31-32-33-35-37-39-45-50-55-60-65-79(84)96-76(70-91-78(83)64-59-54-49-44-38-36-34-30-28-26-23-20-17-14-11-7-2)72-95-99(88,89)93-68-74(81)67-92-98(86,87)94-71-75(69-90-77(82)63-58-53-48-43-24-21-18-15-12-8-3)97-80(85)66-61-56-51-46-41-40-42-47-52-57-62-73(5)9-4/h73-76,81H,6-72H2,1-5H3,(H,86,87)(H,88,89)/t73?,74-,75+,76+/m0/s1. The molecule has 0 aliphatic heterocycles. The van der Waals surface area contributed by atoms with Gasteiger partial charge < -0.3 is 33.8 Å². The number of phosphoric acid groups is 2. The summed E-state index contributed by atoms with van der Waals surface area (Å²) in [5.41, 5.74) is 0. The topological polar surface area (TPSA) is 237 Å². The molecule has 0 radical (unpaired) electrons. The molecule has 0 spiro atoms. The van der Waals surface area contributed by atoms with E-state index in [4.69, 9.17) is 37.0 Å². The monoisotopic (exact) mass is 1450 g/mol. The van der Waals surface area contributed by atoms with Gasteiger partial charge in [-0.1, -0.05) is 375 Å². The van der Waals surface area contributed by atoms with Crippen molar-refractivity contribution in [2.45, 2.75) is 445 Å². The van der Waals surface area contributed by atoms with Crippen LogP contribution in [0.1, 0.15) is 426 Å². The van der Waals surface area contributed by atoms with Crippen LogP contribution < -0.4 is 0 Å². The second-order valence-corrected chi connectivity index (χ2v) is 32.0. The summed E-state index contributed by atoms with van der Waals surface area (Å²) in [6.45, 7) is 7.34. The Kier molecular flexibility index (Phi) is 71.6. The van der Waals surface area contributed by atoms with Crippen LogP contribution in [0.15, 0.2) is 0 Å². The first kappa shape index (κ1) is 97.1. The predicted molar refractivity (Wildman–Crippen MR) is 405 cm³/mol. The average molecular weight is 1450 g/mol. The maximum atomic E-state index is 13.1. The second-order valence-electron chi connectivity index (χ2n) is 29.1. The largest absolute Gasteiger partial charge is 0.472 e. The zero-order chi connectivity index (χ0) is 72.7. The van der Waals surface area contributed by atoms with Crippen molar-refractivity contribution in [1.29, 1.82) is 0 Å². The van der Waals surface area contributed by atoms with Crippen LogP contribution in [0.3, 0.4) is 0 Å². The number of esters is 4. The lowest BCUT2D eigenvalue weighted by atomic mass is 9.99. The maximum absolute atomic E-state index is 13.1. The number of phosphoric ester groups is 2. The molecular weight excluding hydrogens is 1290 g/mol. The van der Waals surface area contributed by atoms with Gasteiger partial charge in [0, 0.05) is 25.7 Å². The van der Waals surface area contributed by atoms with E-state index >= 15 is 0 Å². The number of aliphatic hydroxyl groups excluding tert-OH is 1. The molecule has 0 rings (SSSR count). The van der Waals surface area contributed by atoms with E-state index in [1.807, 2.05) is 0 Å². The van der Waals surface area contributed by atoms with Crippen LogP contribution in [0.25, 0.3) is 0 Å². The Balaban J connectivity index is 5.24. The van der Waals surface area contributed by atoms with Crippen molar-refractivity contribution in [2.24, 2.45) is 5.92 Å². The summed E-state index contributed by atoms with van der Waals surface area (Å²) in [6.07, 6.45) is 63.7. The number of carbonyl (C=O) groups excluding carboxylic acids is 4. The lowest BCUT2D eigenvalue weighted by Gasteiger charge is -2.21. The molecule has 3 unspecified atom stereocenters. The SMILES string of the molecule is CCCCCCCCCCCCCCCCCCCCCC(=O)O[C@H](COC(=O)CCCCCCCCCCCCCCCCCC)COP(=O)(O)OC[C@@H](O)COP(=O)(O)OC[C@@H](COC(=O)CCCCCCCCCCCC)OC(=O)CCCCCCCCCCCCC(C)CC. The minimum atomic E-state index is -4.96. The molecule has 0 aromatic carbocycles. The van der Waals surface area contributed by atoms with Crippen LogP contribution in [0.2, 0.25) is 0 Å². The molecule has 0 fully saturated rings. The number of carbonyl (C=O) groups is 4. The highest BCUT2D eigenvalue weighted by Crippen LogP contribution is 2.45. The van der Waals surface area contributed by atoms with Crippen molar-refractivity contribution in [3.63, 3.8) is 0 Å². The summed E-state index contributed by atoms with van der Waals surface area (Å²) >= 11 is 0. The van der Waals surface area contributed by atoms with E-state index in [9.17, 15) is 43.2 Å². The zero-order valence-electron chi connectivity index (χ0n) is 64.6. The molecule has 0 aromatic rings. The molecule has 0 aromatic heterocycles. The van der Waals surface area contributed by atoms with E-state index < -0.39 is 97.5 Å². The van der Waals surface area contributed by atoms with Crippen molar-refractivity contribution < 1.29 is 80.2 Å². The number of aliphatic hydroxyl groups is 1. The molecule has 0 bridgehead atoms. The highest BCUT2D eigenvalue weighted by atomic mass is 31.2. The van der Waals surface area contributed by atoms with E-state index in [0.29, 0.717) is 25.7 Å². The minimum absolute atomic E-state index is 0.107. The fourth-order valence-corrected chi connectivity index (χ4v) is 14.0. The second kappa shape index (κ2) is 73.0.